The zero-order chi connectivity index (χ0) is 50.8. The molecule has 0 aliphatic carbocycles. The van der Waals surface area contributed by atoms with Crippen molar-refractivity contribution in [3.8, 4) is 0 Å². The Hall–Kier alpha value is -1.33. The smallest absolute Gasteiger partial charge is 0.220 e. The number of hydrogen-bond acceptors (Lipinski definition) is 8. The zero-order valence-corrected chi connectivity index (χ0v) is 46.0. The highest BCUT2D eigenvalue weighted by Gasteiger charge is 2.44. The first-order valence-corrected chi connectivity index (χ1v) is 30.6. The molecule has 0 aromatic carbocycles. The summed E-state index contributed by atoms with van der Waals surface area (Å²) >= 11 is 0. The Morgan fingerprint density at radius 3 is 1.16 bits per heavy atom. The Balaban J connectivity index is 2.15. The van der Waals surface area contributed by atoms with Gasteiger partial charge in [-0.05, 0) is 44.9 Å². The Kier molecular flexibility index (Phi) is 48.7. The summed E-state index contributed by atoms with van der Waals surface area (Å²) in [7, 11) is 0. The Bertz CT molecular complexity index is 1150. The largest absolute Gasteiger partial charge is 0.394 e. The van der Waals surface area contributed by atoms with Crippen LogP contribution in [-0.2, 0) is 14.3 Å². The maximum Gasteiger partial charge on any atom is 0.220 e. The summed E-state index contributed by atoms with van der Waals surface area (Å²) in [6.07, 6.45) is 58.3. The molecule has 0 aromatic rings. The second kappa shape index (κ2) is 51.2. The molecule has 1 heterocycles. The van der Waals surface area contributed by atoms with E-state index < -0.39 is 49.5 Å². The van der Waals surface area contributed by atoms with Gasteiger partial charge in [0.25, 0.3) is 0 Å². The van der Waals surface area contributed by atoms with Crippen molar-refractivity contribution in [2.24, 2.45) is 0 Å². The summed E-state index contributed by atoms with van der Waals surface area (Å²) in [6.45, 7) is 3.82. The molecule has 1 amide bonds. The lowest BCUT2D eigenvalue weighted by atomic mass is 9.99. The summed E-state index contributed by atoms with van der Waals surface area (Å²) in [5, 5.41) is 54.5. The van der Waals surface area contributed by atoms with Crippen LogP contribution < -0.4 is 5.32 Å². The van der Waals surface area contributed by atoms with Crippen LogP contribution in [0.2, 0.25) is 0 Å². The summed E-state index contributed by atoms with van der Waals surface area (Å²) < 4.78 is 11.3. The van der Waals surface area contributed by atoms with Crippen LogP contribution >= 0.6 is 0 Å². The van der Waals surface area contributed by atoms with Crippen molar-refractivity contribution < 1.29 is 39.8 Å². The third-order valence-electron chi connectivity index (χ3n) is 14.8. The molecular formula is C61H117NO8. The van der Waals surface area contributed by atoms with Gasteiger partial charge in [-0.3, -0.25) is 4.79 Å². The predicted octanol–water partition coefficient (Wildman–Crippen LogP) is 15.4. The van der Waals surface area contributed by atoms with Crippen LogP contribution in [0.5, 0.6) is 0 Å². The lowest BCUT2D eigenvalue weighted by Gasteiger charge is -2.40. The van der Waals surface area contributed by atoms with Gasteiger partial charge in [0.2, 0.25) is 5.91 Å². The number of hydrogen-bond donors (Lipinski definition) is 6. The van der Waals surface area contributed by atoms with Gasteiger partial charge in [0.05, 0.1) is 25.4 Å². The minimum absolute atomic E-state index is 0.172. The molecule has 0 aromatic heterocycles. The average molecular weight is 993 g/mol. The number of nitrogens with one attached hydrogen (secondary N) is 1. The molecule has 9 heteroatoms. The zero-order valence-electron chi connectivity index (χ0n) is 46.0. The lowest BCUT2D eigenvalue weighted by molar-refractivity contribution is -0.302. The fourth-order valence-corrected chi connectivity index (χ4v) is 9.92. The van der Waals surface area contributed by atoms with E-state index in [0.29, 0.717) is 6.42 Å². The third kappa shape index (κ3) is 40.1. The normalized spacial score (nSPS) is 19.4. The van der Waals surface area contributed by atoms with Gasteiger partial charge in [-0.2, -0.15) is 0 Å². The molecule has 1 fully saturated rings. The van der Waals surface area contributed by atoms with Crippen molar-refractivity contribution in [2.45, 2.75) is 346 Å². The summed E-state index contributed by atoms with van der Waals surface area (Å²) in [5.74, 6) is -0.172. The minimum Gasteiger partial charge on any atom is -0.394 e. The van der Waals surface area contributed by atoms with Gasteiger partial charge in [0.1, 0.15) is 24.4 Å². The van der Waals surface area contributed by atoms with Crippen LogP contribution in [-0.4, -0.2) is 87.5 Å². The fraction of sp³-hybridized carbons (Fsp3) is 0.918. The van der Waals surface area contributed by atoms with E-state index in [2.05, 4.69) is 31.3 Å². The fourth-order valence-electron chi connectivity index (χ4n) is 9.92. The molecule has 9 nitrogen and oxygen atoms in total. The topological polar surface area (TPSA) is 149 Å². The molecule has 1 saturated heterocycles. The van der Waals surface area contributed by atoms with E-state index in [0.717, 1.165) is 38.5 Å². The first-order chi connectivity index (χ1) is 34.3. The maximum atomic E-state index is 13.1. The van der Waals surface area contributed by atoms with E-state index in [4.69, 9.17) is 9.47 Å². The number of carbonyl (C=O) groups is 1. The number of rotatable bonds is 53. The van der Waals surface area contributed by atoms with Crippen LogP contribution in [0.3, 0.4) is 0 Å². The highest BCUT2D eigenvalue weighted by atomic mass is 16.7. The Labute approximate surface area is 432 Å². The van der Waals surface area contributed by atoms with Gasteiger partial charge in [-0.15, -0.1) is 0 Å². The molecule has 414 valence electrons. The summed E-state index contributed by atoms with van der Waals surface area (Å²) in [5.41, 5.74) is 0. The molecule has 0 radical (unpaired) electrons. The van der Waals surface area contributed by atoms with E-state index in [9.17, 15) is 30.3 Å². The molecule has 70 heavy (non-hydrogen) atoms. The summed E-state index contributed by atoms with van der Waals surface area (Å²) in [4.78, 5) is 13.1. The number of aliphatic hydroxyl groups is 5. The highest BCUT2D eigenvalue weighted by Crippen LogP contribution is 2.23. The second-order valence-corrected chi connectivity index (χ2v) is 21.5. The first kappa shape index (κ1) is 66.7. The van der Waals surface area contributed by atoms with E-state index in [1.54, 1.807) is 6.08 Å². The quantitative estimate of drug-likeness (QED) is 0.0261. The monoisotopic (exact) mass is 992 g/mol. The molecule has 6 N–H and O–H groups in total. The standard InChI is InChI=1S/C61H117NO8/c1-3-5-7-9-11-13-15-17-19-21-22-23-24-25-26-27-28-29-30-31-32-33-35-37-39-41-43-45-47-49-51-57(65)62-54(53-69-61-60(68)59(67)58(66)56(52-63)70-61)55(64)50-48-46-44-42-40-38-36-34-20-18-16-14-12-10-8-6-4-2/h25-26,48,50,54-56,58-61,63-64,66-68H,3-24,27-47,49,51-53H2,1-2H3,(H,62,65)/b26-25-,50-48+. The third-order valence-corrected chi connectivity index (χ3v) is 14.8. The van der Waals surface area contributed by atoms with Crippen LogP contribution in [0, 0.1) is 0 Å². The van der Waals surface area contributed by atoms with Gasteiger partial charge in [0.15, 0.2) is 6.29 Å². The van der Waals surface area contributed by atoms with Crippen molar-refractivity contribution >= 4 is 5.91 Å². The first-order valence-electron chi connectivity index (χ1n) is 30.6. The number of carbonyl (C=O) groups excluding carboxylic acids is 1. The molecule has 0 saturated carbocycles. The van der Waals surface area contributed by atoms with E-state index in [-0.39, 0.29) is 12.5 Å². The number of ether oxygens (including phenoxy) is 2. The Morgan fingerprint density at radius 1 is 0.471 bits per heavy atom. The predicted molar refractivity (Wildman–Crippen MR) is 295 cm³/mol. The number of aliphatic hydroxyl groups excluding tert-OH is 5. The van der Waals surface area contributed by atoms with Crippen LogP contribution in [0.1, 0.15) is 303 Å². The number of amides is 1. The van der Waals surface area contributed by atoms with Crippen LogP contribution in [0.15, 0.2) is 24.3 Å². The van der Waals surface area contributed by atoms with E-state index in [1.807, 2.05) is 6.08 Å². The highest BCUT2D eigenvalue weighted by molar-refractivity contribution is 5.76. The molecule has 0 spiro atoms. The summed E-state index contributed by atoms with van der Waals surface area (Å²) in [6, 6.07) is -0.803. The average Bonchev–Trinajstić information content (AvgIpc) is 3.36. The molecule has 7 unspecified atom stereocenters. The molecule has 0 bridgehead atoms. The number of unbranched alkanes of at least 4 members (excludes halogenated alkanes) is 41. The van der Waals surface area contributed by atoms with Gasteiger partial charge in [-0.25, -0.2) is 0 Å². The minimum atomic E-state index is -1.56. The van der Waals surface area contributed by atoms with Crippen molar-refractivity contribution in [2.75, 3.05) is 13.2 Å². The second-order valence-electron chi connectivity index (χ2n) is 21.5. The van der Waals surface area contributed by atoms with Crippen molar-refractivity contribution in [3.05, 3.63) is 24.3 Å². The van der Waals surface area contributed by atoms with Gasteiger partial charge in [0, 0.05) is 6.42 Å². The molecular weight excluding hydrogens is 875 g/mol. The van der Waals surface area contributed by atoms with E-state index >= 15 is 0 Å². The maximum absolute atomic E-state index is 13.1. The van der Waals surface area contributed by atoms with Crippen LogP contribution in [0.4, 0.5) is 0 Å². The van der Waals surface area contributed by atoms with E-state index in [1.165, 1.54) is 244 Å². The molecule has 1 aliphatic heterocycles. The molecule has 1 aliphatic rings. The molecule has 7 atom stereocenters. The Morgan fingerprint density at radius 2 is 0.800 bits per heavy atom. The number of allylic oxidation sites excluding steroid dienone is 3. The van der Waals surface area contributed by atoms with Gasteiger partial charge in [-0.1, -0.05) is 276 Å². The van der Waals surface area contributed by atoms with Crippen molar-refractivity contribution in [3.63, 3.8) is 0 Å². The van der Waals surface area contributed by atoms with Crippen molar-refractivity contribution in [1.82, 2.24) is 5.32 Å². The van der Waals surface area contributed by atoms with Crippen molar-refractivity contribution in [1.29, 1.82) is 0 Å². The van der Waals surface area contributed by atoms with Gasteiger partial charge < -0.3 is 40.3 Å². The SMILES string of the molecule is CCCCCCCCCCCCCC/C=C\CCCCCCCCCCCCCCCCC(=O)NC(COC1OC(CO)C(O)C(O)C1O)C(O)/C=C/CCCCCCCCCCCCCCCCC. The van der Waals surface area contributed by atoms with Crippen LogP contribution in [0.25, 0.3) is 0 Å². The molecule has 1 rings (SSSR count). The van der Waals surface area contributed by atoms with Gasteiger partial charge >= 0.3 is 0 Å². The lowest BCUT2D eigenvalue weighted by Crippen LogP contribution is -2.60.